The van der Waals surface area contributed by atoms with Crippen LogP contribution in [0.25, 0.3) is 0 Å². The van der Waals surface area contributed by atoms with Crippen LogP contribution >= 0.6 is 0 Å². The van der Waals surface area contributed by atoms with Crippen molar-refractivity contribution in [2.45, 2.75) is 61.3 Å². The Kier molecular flexibility index (Phi) is 6.87. The van der Waals surface area contributed by atoms with Crippen molar-refractivity contribution in [3.63, 3.8) is 0 Å². The van der Waals surface area contributed by atoms with Crippen LogP contribution in [0.4, 0.5) is 0 Å². The van der Waals surface area contributed by atoms with E-state index in [9.17, 15) is 25.5 Å². The monoisotopic (exact) mass is 354 g/mol. The Morgan fingerprint density at radius 2 is 1.38 bits per heavy atom. The fourth-order valence-corrected chi connectivity index (χ4v) is 2.85. The van der Waals surface area contributed by atoms with Crippen molar-refractivity contribution in [2.24, 2.45) is 11.5 Å². The van der Waals surface area contributed by atoms with Crippen molar-refractivity contribution in [3.8, 4) is 0 Å². The summed E-state index contributed by atoms with van der Waals surface area (Å²) in [6.07, 6.45) is -9.46. The number of aliphatic hydroxyl groups excluding tert-OH is 5. The summed E-state index contributed by atoms with van der Waals surface area (Å²) in [6.45, 7) is -1.06. The van der Waals surface area contributed by atoms with E-state index in [4.69, 9.17) is 30.4 Å². The molecule has 0 radical (unpaired) electrons. The topological polar surface area (TPSA) is 190 Å². The average Bonchev–Trinajstić information content (AvgIpc) is 2.59. The summed E-state index contributed by atoms with van der Waals surface area (Å²) in [6, 6.07) is -2.10. The van der Waals surface area contributed by atoms with Gasteiger partial charge in [-0.25, -0.2) is 0 Å². The molecule has 11 heteroatoms. The summed E-state index contributed by atoms with van der Waals surface area (Å²) in [5.74, 6) is 0. The third kappa shape index (κ3) is 3.71. The molecule has 0 bridgehead atoms. The van der Waals surface area contributed by atoms with Crippen LogP contribution in [0, 0.1) is 0 Å². The first kappa shape index (κ1) is 19.9. The normalized spacial score (nSPS) is 50.0. The summed E-state index contributed by atoms with van der Waals surface area (Å²) in [5, 5.41) is 48.7. The van der Waals surface area contributed by atoms with Crippen LogP contribution in [-0.2, 0) is 18.9 Å². The number of hydrogen-bond acceptors (Lipinski definition) is 11. The van der Waals surface area contributed by atoms with Gasteiger partial charge >= 0.3 is 0 Å². The van der Waals surface area contributed by atoms with Crippen LogP contribution in [0.1, 0.15) is 0 Å². The third-order valence-corrected chi connectivity index (χ3v) is 4.35. The second kappa shape index (κ2) is 8.29. The fourth-order valence-electron chi connectivity index (χ4n) is 2.85. The van der Waals surface area contributed by atoms with Crippen molar-refractivity contribution in [1.29, 1.82) is 0 Å². The molecule has 9 unspecified atom stereocenters. The molecule has 0 aromatic heterocycles. The van der Waals surface area contributed by atoms with E-state index in [1.165, 1.54) is 7.11 Å². The molecule has 2 rings (SSSR count). The van der Waals surface area contributed by atoms with Gasteiger partial charge in [0.1, 0.15) is 36.6 Å². The number of hydrogen-bond donors (Lipinski definition) is 7. The Morgan fingerprint density at radius 1 is 0.833 bits per heavy atom. The van der Waals surface area contributed by atoms with E-state index in [2.05, 4.69) is 0 Å². The van der Waals surface area contributed by atoms with E-state index in [0.717, 1.165) is 0 Å². The predicted molar refractivity (Wildman–Crippen MR) is 77.3 cm³/mol. The molecule has 0 saturated carbocycles. The molecule has 2 aliphatic rings. The van der Waals surface area contributed by atoms with Crippen molar-refractivity contribution >= 4 is 0 Å². The maximum atomic E-state index is 10.3. The molecule has 0 amide bonds. The van der Waals surface area contributed by atoms with Gasteiger partial charge in [0, 0.05) is 7.11 Å². The van der Waals surface area contributed by atoms with E-state index in [1.807, 2.05) is 0 Å². The van der Waals surface area contributed by atoms with Gasteiger partial charge in [-0.2, -0.15) is 0 Å². The minimum atomic E-state index is -1.41. The lowest BCUT2D eigenvalue weighted by Crippen LogP contribution is -2.67. The second-order valence-electron chi connectivity index (χ2n) is 5.91. The highest BCUT2D eigenvalue weighted by Gasteiger charge is 2.49. The molecule has 24 heavy (non-hydrogen) atoms. The van der Waals surface area contributed by atoms with Gasteiger partial charge in [0.25, 0.3) is 0 Å². The molecule has 2 heterocycles. The molecular weight excluding hydrogens is 328 g/mol. The average molecular weight is 354 g/mol. The van der Waals surface area contributed by atoms with Crippen LogP contribution in [0.15, 0.2) is 0 Å². The van der Waals surface area contributed by atoms with E-state index >= 15 is 0 Å². The van der Waals surface area contributed by atoms with Gasteiger partial charge in [-0.1, -0.05) is 0 Å². The maximum Gasteiger partial charge on any atom is 0.176 e. The van der Waals surface area contributed by atoms with Gasteiger partial charge in [-0.3, -0.25) is 0 Å². The Bertz CT molecular complexity index is 400. The van der Waals surface area contributed by atoms with E-state index in [0.29, 0.717) is 0 Å². The lowest BCUT2D eigenvalue weighted by molar-refractivity contribution is -0.326. The Labute approximate surface area is 138 Å². The molecule has 2 aliphatic heterocycles. The third-order valence-electron chi connectivity index (χ3n) is 4.35. The summed E-state index contributed by atoms with van der Waals surface area (Å²) < 4.78 is 21.3. The van der Waals surface area contributed by atoms with Crippen LogP contribution < -0.4 is 11.5 Å². The molecule has 2 saturated heterocycles. The largest absolute Gasteiger partial charge is 0.394 e. The molecular formula is C13H26N2O9. The van der Waals surface area contributed by atoms with Gasteiger partial charge in [0.15, 0.2) is 12.6 Å². The molecule has 9 N–H and O–H groups in total. The lowest BCUT2D eigenvalue weighted by Gasteiger charge is -2.46. The zero-order chi connectivity index (χ0) is 18.0. The Hall–Kier alpha value is -0.440. The van der Waals surface area contributed by atoms with Crippen molar-refractivity contribution in [2.75, 3.05) is 20.3 Å². The number of rotatable bonds is 5. The quantitative estimate of drug-likeness (QED) is 0.251. The Morgan fingerprint density at radius 3 is 1.92 bits per heavy atom. The van der Waals surface area contributed by atoms with E-state index < -0.39 is 74.5 Å². The van der Waals surface area contributed by atoms with Crippen LogP contribution in [0.3, 0.4) is 0 Å². The number of ether oxygens (including phenoxy) is 4. The molecule has 0 aromatic carbocycles. The summed E-state index contributed by atoms with van der Waals surface area (Å²) >= 11 is 0. The van der Waals surface area contributed by atoms with E-state index in [1.54, 1.807) is 0 Å². The molecule has 0 aliphatic carbocycles. The highest BCUT2D eigenvalue weighted by Crippen LogP contribution is 2.28. The van der Waals surface area contributed by atoms with E-state index in [-0.39, 0.29) is 0 Å². The fraction of sp³-hybridized carbons (Fsp3) is 1.00. The maximum absolute atomic E-state index is 10.3. The number of aliphatic hydroxyl groups is 5. The van der Waals surface area contributed by atoms with Gasteiger partial charge in [0.2, 0.25) is 0 Å². The molecule has 10 atom stereocenters. The van der Waals surface area contributed by atoms with Gasteiger partial charge < -0.3 is 55.9 Å². The highest BCUT2D eigenvalue weighted by atomic mass is 16.7. The first-order chi connectivity index (χ1) is 11.3. The predicted octanol–water partition coefficient (Wildman–Crippen LogP) is -4.81. The first-order valence-electron chi connectivity index (χ1n) is 7.62. The lowest BCUT2D eigenvalue weighted by atomic mass is 9.95. The van der Waals surface area contributed by atoms with Crippen LogP contribution in [0.5, 0.6) is 0 Å². The summed E-state index contributed by atoms with van der Waals surface area (Å²) in [7, 11) is 1.34. The summed E-state index contributed by atoms with van der Waals surface area (Å²) in [4.78, 5) is 0. The highest BCUT2D eigenvalue weighted by molar-refractivity contribution is 4.96. The molecule has 0 spiro atoms. The molecule has 0 aromatic rings. The molecule has 142 valence electrons. The zero-order valence-electron chi connectivity index (χ0n) is 13.2. The SMILES string of the molecule is COC1OC(CO)C(O[C@H]2OC(CO)C(O)C(O)C2N)C(O)C1N. The minimum Gasteiger partial charge on any atom is -0.394 e. The van der Waals surface area contributed by atoms with Gasteiger partial charge in [-0.05, 0) is 0 Å². The number of nitrogens with two attached hydrogens (primary N) is 2. The second-order valence-corrected chi connectivity index (χ2v) is 5.91. The molecule has 11 nitrogen and oxygen atoms in total. The van der Waals surface area contributed by atoms with Crippen LogP contribution in [-0.4, -0.2) is 107 Å². The first-order valence-corrected chi connectivity index (χ1v) is 7.62. The van der Waals surface area contributed by atoms with Crippen molar-refractivity contribution in [3.05, 3.63) is 0 Å². The van der Waals surface area contributed by atoms with Crippen molar-refractivity contribution < 1.29 is 44.5 Å². The standard InChI is InChI=1S/C13H26N2O9/c1-21-12-7(15)10(20)11(5(3-17)23-12)24-13-6(14)9(19)8(18)4(2-16)22-13/h4-13,16-20H,2-3,14-15H2,1H3/t4?,5?,6?,7?,8?,9?,10?,11?,12?,13-/m1/s1. The van der Waals surface area contributed by atoms with Crippen molar-refractivity contribution in [1.82, 2.24) is 0 Å². The smallest absolute Gasteiger partial charge is 0.176 e. The van der Waals surface area contributed by atoms with Gasteiger partial charge in [-0.15, -0.1) is 0 Å². The summed E-state index contributed by atoms with van der Waals surface area (Å²) in [5.41, 5.74) is 11.6. The number of methoxy groups -OCH3 is 1. The van der Waals surface area contributed by atoms with Crippen LogP contribution in [0.2, 0.25) is 0 Å². The van der Waals surface area contributed by atoms with Gasteiger partial charge in [0.05, 0.1) is 25.3 Å². The minimum absolute atomic E-state index is 0.495. The zero-order valence-corrected chi connectivity index (χ0v) is 13.2. The Balaban J connectivity index is 2.12. The molecule has 2 fully saturated rings.